The molecule has 5 aromatic rings. The fraction of sp³-hybridized carbons (Fsp3) is 0.179. The highest BCUT2D eigenvalue weighted by molar-refractivity contribution is 5.92. The normalized spacial score (nSPS) is 12.2. The van der Waals surface area contributed by atoms with Gasteiger partial charge in [-0.05, 0) is 95.9 Å². The molecule has 0 aromatic heterocycles. The Morgan fingerprint density at radius 1 is 0.587 bits per heavy atom. The largest absolute Gasteiger partial charge is 0.491 e. The number of para-hydroxylation sites is 1. The third-order valence-electron chi connectivity index (χ3n) is 7.41. The fourth-order valence-electron chi connectivity index (χ4n) is 4.89. The van der Waals surface area contributed by atoms with Crippen LogP contribution in [0.25, 0.3) is 11.6 Å². The molecule has 0 fully saturated rings. The van der Waals surface area contributed by atoms with Gasteiger partial charge in [0.15, 0.2) is 0 Å². The van der Waals surface area contributed by atoms with Crippen LogP contribution < -0.4 is 14.4 Å². The van der Waals surface area contributed by atoms with Crippen LogP contribution in [0.1, 0.15) is 22.3 Å². The third-order valence-corrected chi connectivity index (χ3v) is 7.41. The lowest BCUT2D eigenvalue weighted by molar-refractivity contribution is 0.0536. The van der Waals surface area contributed by atoms with Crippen LogP contribution in [0.3, 0.4) is 0 Å². The van der Waals surface area contributed by atoms with Gasteiger partial charge < -0.3 is 34.8 Å². The highest BCUT2D eigenvalue weighted by Crippen LogP contribution is 2.35. The molecule has 0 spiro atoms. The Labute approximate surface area is 269 Å². The van der Waals surface area contributed by atoms with Crippen LogP contribution >= 0.6 is 0 Å². The molecule has 7 heteroatoms. The van der Waals surface area contributed by atoms with E-state index in [1.807, 2.05) is 66.7 Å². The molecule has 0 aliphatic carbocycles. The minimum Gasteiger partial charge on any atom is -0.491 e. The third kappa shape index (κ3) is 8.62. The number of nitrogens with zero attached hydrogens (tertiary/aromatic N) is 1. The average Bonchev–Trinajstić information content (AvgIpc) is 3.11. The first kappa shape index (κ1) is 32.5. The van der Waals surface area contributed by atoms with Crippen LogP contribution in [-0.2, 0) is 0 Å². The highest BCUT2D eigenvalue weighted by atomic mass is 16.5. The highest BCUT2D eigenvalue weighted by Gasteiger charge is 2.13. The second-order valence-electron chi connectivity index (χ2n) is 11.0. The number of benzene rings is 5. The molecule has 5 rings (SSSR count). The molecule has 5 aromatic carbocycles. The quantitative estimate of drug-likeness (QED) is 0.105. The first-order valence-electron chi connectivity index (χ1n) is 15.2. The summed E-state index contributed by atoms with van der Waals surface area (Å²) in [7, 11) is 0. The molecule has 2 atom stereocenters. The van der Waals surface area contributed by atoms with E-state index in [-0.39, 0.29) is 26.4 Å². The van der Waals surface area contributed by atoms with Crippen LogP contribution in [0, 0.1) is 6.92 Å². The van der Waals surface area contributed by atoms with Crippen molar-refractivity contribution in [3.8, 4) is 11.5 Å². The number of hydrogen-bond acceptors (Lipinski definition) is 7. The number of ether oxygens (including phenoxy) is 2. The predicted octanol–water partition coefficient (Wildman–Crippen LogP) is 6.52. The molecule has 0 amide bonds. The minimum atomic E-state index is -0.943. The van der Waals surface area contributed by atoms with Crippen LogP contribution in [0.2, 0.25) is 0 Å². The summed E-state index contributed by atoms with van der Waals surface area (Å²) in [4.78, 5) is 2.23. The van der Waals surface area contributed by atoms with Gasteiger partial charge in [0.1, 0.15) is 36.9 Å². The molecule has 2 unspecified atom stereocenters. The summed E-state index contributed by atoms with van der Waals surface area (Å²) in [5.41, 5.74) is 8.26. The first-order valence-corrected chi connectivity index (χ1v) is 15.2. The summed E-state index contributed by atoms with van der Waals surface area (Å²) in [5, 5.41) is 37.5. The molecule has 0 heterocycles. The smallest absolute Gasteiger partial charge is 0.119 e. The monoisotopic (exact) mass is 617 g/mol. The molecule has 0 bridgehead atoms. The van der Waals surface area contributed by atoms with Crippen LogP contribution in [0.5, 0.6) is 11.5 Å². The predicted molar refractivity (Wildman–Crippen MR) is 183 cm³/mol. The van der Waals surface area contributed by atoms with Gasteiger partial charge in [-0.15, -0.1) is 0 Å². The van der Waals surface area contributed by atoms with Crippen molar-refractivity contribution in [2.45, 2.75) is 19.1 Å². The van der Waals surface area contributed by atoms with E-state index in [0.717, 1.165) is 39.3 Å². The van der Waals surface area contributed by atoms with Gasteiger partial charge in [-0.2, -0.15) is 0 Å². The Kier molecular flexibility index (Phi) is 11.2. The summed E-state index contributed by atoms with van der Waals surface area (Å²) in [5.74, 6) is 1.17. The zero-order valence-corrected chi connectivity index (χ0v) is 25.7. The van der Waals surface area contributed by atoms with Crippen molar-refractivity contribution >= 4 is 28.7 Å². The standard InChI is InChI=1S/C39H39NO6/c1-28-7-15-33(16-8-28)40(32-5-3-2-4-6-32)34-17-9-29(10-18-34)23-39(30-11-19-37(20-12-30)45-26-35(43)24-41)31-13-21-38(22-14-31)46-27-36(44)25-42/h2-23,35-36,41-44H,24-27H2,1H3. The molecule has 0 aliphatic heterocycles. The van der Waals surface area contributed by atoms with Gasteiger partial charge in [-0.3, -0.25) is 0 Å². The summed E-state index contributed by atoms with van der Waals surface area (Å²) < 4.78 is 11.2. The van der Waals surface area contributed by atoms with E-state index < -0.39 is 12.2 Å². The number of rotatable bonds is 14. The number of aliphatic hydroxyl groups is 4. The van der Waals surface area contributed by atoms with Crippen LogP contribution in [-0.4, -0.2) is 59.1 Å². The van der Waals surface area contributed by atoms with E-state index in [2.05, 4.69) is 78.6 Å². The molecular formula is C39H39NO6. The van der Waals surface area contributed by atoms with Gasteiger partial charge >= 0.3 is 0 Å². The van der Waals surface area contributed by atoms with E-state index >= 15 is 0 Å². The minimum absolute atomic E-state index is 0.0000794. The Hall–Kier alpha value is -4.92. The summed E-state index contributed by atoms with van der Waals surface area (Å²) >= 11 is 0. The van der Waals surface area contributed by atoms with Crippen molar-refractivity contribution in [3.63, 3.8) is 0 Å². The lowest BCUT2D eigenvalue weighted by atomic mass is 9.95. The van der Waals surface area contributed by atoms with Crippen LogP contribution in [0.4, 0.5) is 17.1 Å². The van der Waals surface area contributed by atoms with Crippen molar-refractivity contribution in [3.05, 3.63) is 150 Å². The van der Waals surface area contributed by atoms with Crippen molar-refractivity contribution in [1.29, 1.82) is 0 Å². The van der Waals surface area contributed by atoms with Gasteiger partial charge in [0.05, 0.1) is 13.2 Å². The van der Waals surface area contributed by atoms with Gasteiger partial charge in [-0.25, -0.2) is 0 Å². The van der Waals surface area contributed by atoms with Gasteiger partial charge in [0, 0.05) is 17.1 Å². The Balaban J connectivity index is 1.47. The maximum absolute atomic E-state index is 9.65. The molecule has 7 nitrogen and oxygen atoms in total. The van der Waals surface area contributed by atoms with E-state index in [0.29, 0.717) is 11.5 Å². The first-order chi connectivity index (χ1) is 22.4. The van der Waals surface area contributed by atoms with E-state index in [4.69, 9.17) is 19.7 Å². The van der Waals surface area contributed by atoms with E-state index in [9.17, 15) is 10.2 Å². The van der Waals surface area contributed by atoms with Crippen molar-refractivity contribution in [1.82, 2.24) is 0 Å². The fourth-order valence-corrected chi connectivity index (χ4v) is 4.89. The van der Waals surface area contributed by atoms with E-state index in [1.54, 1.807) is 0 Å². The zero-order valence-electron chi connectivity index (χ0n) is 25.7. The summed E-state index contributed by atoms with van der Waals surface area (Å²) in [6.07, 6.45) is 0.238. The Morgan fingerprint density at radius 2 is 1.02 bits per heavy atom. The molecule has 0 saturated carbocycles. The maximum Gasteiger partial charge on any atom is 0.119 e. The Bertz CT molecular complexity index is 1610. The topological polar surface area (TPSA) is 103 Å². The second-order valence-corrected chi connectivity index (χ2v) is 11.0. The zero-order chi connectivity index (χ0) is 32.3. The maximum atomic E-state index is 9.65. The molecular weight excluding hydrogens is 578 g/mol. The van der Waals surface area contributed by atoms with Crippen molar-refractivity contribution in [2.75, 3.05) is 31.3 Å². The summed E-state index contributed by atoms with van der Waals surface area (Å²) in [6, 6.07) is 42.4. The molecule has 4 N–H and O–H groups in total. The Morgan fingerprint density at radius 3 is 1.48 bits per heavy atom. The number of aliphatic hydroxyl groups excluding tert-OH is 4. The van der Waals surface area contributed by atoms with Gasteiger partial charge in [-0.1, -0.05) is 72.3 Å². The average molecular weight is 618 g/mol. The molecule has 46 heavy (non-hydrogen) atoms. The molecule has 0 radical (unpaired) electrons. The molecule has 0 aliphatic rings. The number of anilines is 3. The number of hydrogen-bond donors (Lipinski definition) is 4. The van der Waals surface area contributed by atoms with Crippen LogP contribution in [0.15, 0.2) is 127 Å². The lowest BCUT2D eigenvalue weighted by Crippen LogP contribution is -2.21. The molecule has 236 valence electrons. The lowest BCUT2D eigenvalue weighted by Gasteiger charge is -2.25. The van der Waals surface area contributed by atoms with Gasteiger partial charge in [0.25, 0.3) is 0 Å². The summed E-state index contributed by atoms with van der Waals surface area (Å²) in [6.45, 7) is 1.35. The molecule has 0 saturated heterocycles. The number of aryl methyl sites for hydroxylation is 1. The second kappa shape index (κ2) is 15.9. The van der Waals surface area contributed by atoms with E-state index in [1.165, 1.54) is 5.56 Å². The van der Waals surface area contributed by atoms with Gasteiger partial charge in [0.2, 0.25) is 0 Å². The van der Waals surface area contributed by atoms with Crippen molar-refractivity contribution < 1.29 is 29.9 Å². The SMILES string of the molecule is Cc1ccc(N(c2ccccc2)c2ccc(C=C(c3ccc(OCC(O)CO)cc3)c3ccc(OCC(O)CO)cc3)cc2)cc1. The van der Waals surface area contributed by atoms with Crippen molar-refractivity contribution in [2.24, 2.45) is 0 Å².